The van der Waals surface area contributed by atoms with Gasteiger partial charge in [0.15, 0.2) is 0 Å². The first-order valence-corrected chi connectivity index (χ1v) is 13.2. The molecule has 1 amide bonds. The minimum Gasteiger partial charge on any atom is -0.330 e. The molecule has 0 radical (unpaired) electrons. The van der Waals surface area contributed by atoms with E-state index in [1.165, 1.54) is 5.56 Å². The molecule has 0 bridgehead atoms. The van der Waals surface area contributed by atoms with Gasteiger partial charge in [-0.25, -0.2) is 4.98 Å². The van der Waals surface area contributed by atoms with Gasteiger partial charge in [0.25, 0.3) is 0 Å². The van der Waals surface area contributed by atoms with Gasteiger partial charge in [0.2, 0.25) is 5.91 Å². The van der Waals surface area contributed by atoms with E-state index < -0.39 is 18.0 Å². The highest BCUT2D eigenvalue weighted by molar-refractivity contribution is 6.09. The number of anilines is 1. The number of amides is 1. The van der Waals surface area contributed by atoms with Crippen LogP contribution in [-0.2, 0) is 42.6 Å². The number of hydrogen-bond acceptors (Lipinski definition) is 3. The van der Waals surface area contributed by atoms with Crippen LogP contribution in [0.5, 0.6) is 0 Å². The molecule has 3 aromatic rings. The lowest BCUT2D eigenvalue weighted by molar-refractivity contribution is -0.136. The fraction of sp³-hybridized carbons (Fsp3) is 0.448. The SMILES string of the molecule is O=C1N(Cc2nc3c(n2CCCC(F)(F)F)CCCC3)c2cccc(Cc3ccccc3)c2C12CNC2. The van der Waals surface area contributed by atoms with Gasteiger partial charge in [0, 0.05) is 37.4 Å². The second-order valence-electron chi connectivity index (χ2n) is 10.5. The number of halogens is 3. The summed E-state index contributed by atoms with van der Waals surface area (Å²) in [5, 5.41) is 3.31. The number of nitrogens with zero attached hydrogens (tertiary/aromatic N) is 3. The predicted molar refractivity (Wildman–Crippen MR) is 136 cm³/mol. The van der Waals surface area contributed by atoms with Crippen molar-refractivity contribution in [3.05, 3.63) is 82.4 Å². The van der Waals surface area contributed by atoms with Crippen molar-refractivity contribution < 1.29 is 18.0 Å². The van der Waals surface area contributed by atoms with Crippen LogP contribution in [-0.4, -0.2) is 34.7 Å². The maximum atomic E-state index is 14.0. The first-order valence-electron chi connectivity index (χ1n) is 13.2. The monoisotopic (exact) mass is 508 g/mol. The normalized spacial score (nSPS) is 18.1. The Kier molecular flexibility index (Phi) is 6.10. The number of alkyl halides is 3. The van der Waals surface area contributed by atoms with Crippen LogP contribution in [0.15, 0.2) is 48.5 Å². The van der Waals surface area contributed by atoms with E-state index in [0.29, 0.717) is 18.9 Å². The molecule has 1 spiro atoms. The van der Waals surface area contributed by atoms with Gasteiger partial charge in [-0.3, -0.25) is 4.79 Å². The lowest BCUT2D eigenvalue weighted by Gasteiger charge is -2.39. The van der Waals surface area contributed by atoms with Crippen molar-refractivity contribution in [2.45, 2.75) is 69.6 Å². The Labute approximate surface area is 214 Å². The Morgan fingerprint density at radius 2 is 1.78 bits per heavy atom. The molecule has 3 heterocycles. The van der Waals surface area contributed by atoms with Crippen molar-refractivity contribution in [2.24, 2.45) is 0 Å². The third kappa shape index (κ3) is 4.35. The van der Waals surface area contributed by atoms with Gasteiger partial charge >= 0.3 is 6.18 Å². The summed E-state index contributed by atoms with van der Waals surface area (Å²) in [5.74, 6) is 0.760. The van der Waals surface area contributed by atoms with Crippen LogP contribution in [0.4, 0.5) is 18.9 Å². The van der Waals surface area contributed by atoms with Crippen molar-refractivity contribution >= 4 is 11.6 Å². The Hall–Kier alpha value is -3.13. The van der Waals surface area contributed by atoms with Crippen LogP contribution in [0.2, 0.25) is 0 Å². The topological polar surface area (TPSA) is 50.2 Å². The van der Waals surface area contributed by atoms with E-state index >= 15 is 0 Å². The molecule has 0 unspecified atom stereocenters. The van der Waals surface area contributed by atoms with Crippen LogP contribution in [0, 0.1) is 0 Å². The smallest absolute Gasteiger partial charge is 0.330 e. The van der Waals surface area contributed by atoms with Crippen LogP contribution in [0.1, 0.15) is 59.6 Å². The van der Waals surface area contributed by atoms with E-state index in [9.17, 15) is 18.0 Å². The molecular weight excluding hydrogens is 477 g/mol. The van der Waals surface area contributed by atoms with Gasteiger partial charge in [-0.1, -0.05) is 42.5 Å². The molecule has 6 rings (SSSR count). The van der Waals surface area contributed by atoms with Gasteiger partial charge in [-0.2, -0.15) is 13.2 Å². The summed E-state index contributed by atoms with van der Waals surface area (Å²) in [4.78, 5) is 20.7. The molecule has 0 atom stereocenters. The molecule has 2 aromatic carbocycles. The third-order valence-corrected chi connectivity index (χ3v) is 8.10. The maximum Gasteiger partial charge on any atom is 0.389 e. The molecule has 1 N–H and O–H groups in total. The fourth-order valence-electron chi connectivity index (χ4n) is 6.28. The number of nitrogens with one attached hydrogen (secondary N) is 1. The van der Waals surface area contributed by atoms with Crippen LogP contribution in [0.25, 0.3) is 0 Å². The summed E-state index contributed by atoms with van der Waals surface area (Å²) < 4.78 is 40.7. The summed E-state index contributed by atoms with van der Waals surface area (Å²) >= 11 is 0. The number of hydrogen-bond donors (Lipinski definition) is 1. The maximum absolute atomic E-state index is 14.0. The predicted octanol–water partition coefficient (Wildman–Crippen LogP) is 5.08. The van der Waals surface area contributed by atoms with Crippen LogP contribution >= 0.6 is 0 Å². The summed E-state index contributed by atoms with van der Waals surface area (Å²) in [5.41, 5.74) is 5.77. The minimum atomic E-state index is -4.18. The number of rotatable bonds is 7. The average molecular weight is 509 g/mol. The zero-order valence-electron chi connectivity index (χ0n) is 20.8. The molecule has 37 heavy (non-hydrogen) atoms. The second kappa shape index (κ2) is 9.31. The molecule has 0 saturated carbocycles. The molecule has 1 fully saturated rings. The largest absolute Gasteiger partial charge is 0.389 e. The Morgan fingerprint density at radius 1 is 1.00 bits per heavy atom. The number of carbonyl (C=O) groups is 1. The molecule has 5 nitrogen and oxygen atoms in total. The highest BCUT2D eigenvalue weighted by atomic mass is 19.4. The van der Waals surface area contributed by atoms with Gasteiger partial charge in [-0.15, -0.1) is 0 Å². The Balaban J connectivity index is 1.35. The van der Waals surface area contributed by atoms with Crippen molar-refractivity contribution in [3.8, 4) is 0 Å². The highest BCUT2D eigenvalue weighted by Gasteiger charge is 2.55. The van der Waals surface area contributed by atoms with E-state index in [1.807, 2.05) is 39.8 Å². The molecule has 2 aliphatic heterocycles. The second-order valence-corrected chi connectivity index (χ2v) is 10.5. The van der Waals surface area contributed by atoms with Crippen molar-refractivity contribution in [1.29, 1.82) is 0 Å². The van der Waals surface area contributed by atoms with Gasteiger partial charge in [0.1, 0.15) is 11.2 Å². The highest BCUT2D eigenvalue weighted by Crippen LogP contribution is 2.47. The quantitative estimate of drug-likeness (QED) is 0.484. The van der Waals surface area contributed by atoms with Crippen LogP contribution < -0.4 is 10.2 Å². The molecule has 1 aromatic heterocycles. The van der Waals surface area contributed by atoms with Gasteiger partial charge < -0.3 is 14.8 Å². The lowest BCUT2D eigenvalue weighted by atomic mass is 9.73. The Morgan fingerprint density at radius 3 is 2.51 bits per heavy atom. The van der Waals surface area contributed by atoms with E-state index in [4.69, 9.17) is 4.98 Å². The number of aromatic nitrogens is 2. The van der Waals surface area contributed by atoms with E-state index in [2.05, 4.69) is 23.5 Å². The van der Waals surface area contributed by atoms with E-state index in [-0.39, 0.29) is 25.4 Å². The van der Waals surface area contributed by atoms with Gasteiger partial charge in [-0.05, 0) is 61.3 Å². The summed E-state index contributed by atoms with van der Waals surface area (Å²) in [6.07, 6.45) is -0.518. The van der Waals surface area contributed by atoms with Crippen molar-refractivity contribution in [1.82, 2.24) is 14.9 Å². The molecule has 1 aliphatic carbocycles. The number of carbonyl (C=O) groups excluding carboxylic acids is 1. The third-order valence-electron chi connectivity index (χ3n) is 8.10. The van der Waals surface area contributed by atoms with E-state index in [0.717, 1.165) is 60.3 Å². The average Bonchev–Trinajstić information content (AvgIpc) is 3.32. The zero-order valence-corrected chi connectivity index (χ0v) is 20.8. The fourth-order valence-corrected chi connectivity index (χ4v) is 6.28. The summed E-state index contributed by atoms with van der Waals surface area (Å²) in [7, 11) is 0. The first kappa shape index (κ1) is 24.2. The van der Waals surface area contributed by atoms with Crippen molar-refractivity contribution in [2.75, 3.05) is 18.0 Å². The van der Waals surface area contributed by atoms with Crippen LogP contribution in [0.3, 0.4) is 0 Å². The zero-order chi connectivity index (χ0) is 25.6. The molecule has 3 aliphatic rings. The standard InChI is InChI=1S/C29H31F3N4O/c30-29(31,32)14-7-15-35-23-12-5-4-11-22(23)34-25(35)17-36-24-13-6-10-21(16-20-8-2-1-3-9-20)26(24)28(27(36)37)18-33-19-28/h1-3,6,8-10,13,33H,4-5,7,11-12,14-19H2. The Bertz CT molecular complexity index is 1310. The van der Waals surface area contributed by atoms with Gasteiger partial charge in [0.05, 0.1) is 12.2 Å². The number of aryl methyl sites for hydroxylation is 1. The number of fused-ring (bicyclic) bond motifs is 3. The molecule has 194 valence electrons. The van der Waals surface area contributed by atoms with Crippen molar-refractivity contribution in [3.63, 3.8) is 0 Å². The first-order chi connectivity index (χ1) is 17.9. The molecule has 8 heteroatoms. The lowest BCUT2D eigenvalue weighted by Crippen LogP contribution is -2.62. The number of benzene rings is 2. The number of imidazole rings is 1. The minimum absolute atomic E-state index is 0.0128. The summed E-state index contributed by atoms with van der Waals surface area (Å²) in [6, 6.07) is 16.4. The molecule has 1 saturated heterocycles. The summed E-state index contributed by atoms with van der Waals surface area (Å²) in [6.45, 7) is 1.74. The molecular formula is C29H31F3N4O. The van der Waals surface area contributed by atoms with E-state index in [1.54, 1.807) is 0 Å².